The molecule has 1 amide bonds. The SMILES string of the molecule is CCCCN1C(=O)C(=O)/C(=C(/O)c2cc(C(C)C)c(OC)cc2C)C1c1cccc(OCCC)c1. The average Bonchev–Trinajstić information content (AvgIpc) is 3.10. The van der Waals surface area contributed by atoms with Crippen molar-refractivity contribution < 1.29 is 24.2 Å². The number of rotatable bonds is 10. The number of unbranched alkanes of at least 4 members (excludes halogenated alkanes) is 1. The predicted octanol–water partition coefficient (Wildman–Crippen LogP) is 6.14. The third-order valence-corrected chi connectivity index (χ3v) is 6.39. The Balaban J connectivity index is 2.22. The minimum atomic E-state index is -0.685. The number of amides is 1. The molecular weight excluding hydrogens is 442 g/mol. The van der Waals surface area contributed by atoms with Crippen molar-refractivity contribution in [2.75, 3.05) is 20.3 Å². The summed E-state index contributed by atoms with van der Waals surface area (Å²) in [7, 11) is 1.62. The maximum atomic E-state index is 13.3. The number of carbonyl (C=O) groups excluding carboxylic acids is 2. The smallest absolute Gasteiger partial charge is 0.295 e. The van der Waals surface area contributed by atoms with Crippen LogP contribution in [0.2, 0.25) is 0 Å². The average molecular weight is 480 g/mol. The molecule has 1 atom stereocenters. The third-order valence-electron chi connectivity index (χ3n) is 6.39. The van der Waals surface area contributed by atoms with Crippen molar-refractivity contribution in [1.29, 1.82) is 0 Å². The highest BCUT2D eigenvalue weighted by molar-refractivity contribution is 6.46. The van der Waals surface area contributed by atoms with E-state index in [9.17, 15) is 14.7 Å². The first-order chi connectivity index (χ1) is 16.7. The van der Waals surface area contributed by atoms with Gasteiger partial charge < -0.3 is 19.5 Å². The molecule has 1 aliphatic rings. The van der Waals surface area contributed by atoms with Crippen LogP contribution in [0.15, 0.2) is 42.0 Å². The summed E-state index contributed by atoms with van der Waals surface area (Å²) < 4.78 is 11.4. The van der Waals surface area contributed by atoms with Crippen molar-refractivity contribution >= 4 is 17.4 Å². The van der Waals surface area contributed by atoms with E-state index in [2.05, 4.69) is 0 Å². The molecule has 1 saturated heterocycles. The molecule has 1 unspecified atom stereocenters. The maximum Gasteiger partial charge on any atom is 0.295 e. The highest BCUT2D eigenvalue weighted by Gasteiger charge is 2.46. The Hall–Kier alpha value is -3.28. The molecule has 2 aromatic carbocycles. The summed E-state index contributed by atoms with van der Waals surface area (Å²) >= 11 is 0. The first-order valence-corrected chi connectivity index (χ1v) is 12.4. The van der Waals surface area contributed by atoms with Gasteiger partial charge in [-0.15, -0.1) is 0 Å². The van der Waals surface area contributed by atoms with Gasteiger partial charge in [0.1, 0.15) is 17.3 Å². The van der Waals surface area contributed by atoms with Gasteiger partial charge in [-0.2, -0.15) is 0 Å². The number of aliphatic hydroxyl groups excluding tert-OH is 1. The van der Waals surface area contributed by atoms with Gasteiger partial charge in [0.15, 0.2) is 0 Å². The van der Waals surface area contributed by atoms with E-state index in [0.717, 1.165) is 41.7 Å². The number of Topliss-reactive ketones (excluding diaryl/α,β-unsaturated/α-hetero) is 1. The van der Waals surface area contributed by atoms with Crippen molar-refractivity contribution in [2.24, 2.45) is 0 Å². The molecule has 6 heteroatoms. The number of benzene rings is 2. The van der Waals surface area contributed by atoms with Crippen molar-refractivity contribution in [3.63, 3.8) is 0 Å². The molecule has 3 rings (SSSR count). The van der Waals surface area contributed by atoms with E-state index in [1.165, 1.54) is 0 Å². The number of ether oxygens (including phenoxy) is 2. The first kappa shape index (κ1) is 26.3. The molecule has 0 aliphatic carbocycles. The van der Waals surface area contributed by atoms with Crippen LogP contribution in [-0.2, 0) is 9.59 Å². The number of likely N-dealkylation sites (tertiary alicyclic amines) is 1. The van der Waals surface area contributed by atoms with Crippen molar-refractivity contribution in [2.45, 2.75) is 65.8 Å². The minimum Gasteiger partial charge on any atom is -0.507 e. The molecule has 0 bridgehead atoms. The molecule has 35 heavy (non-hydrogen) atoms. The summed E-state index contributed by atoms with van der Waals surface area (Å²) in [5, 5.41) is 11.6. The molecule has 0 aromatic heterocycles. The lowest BCUT2D eigenvalue weighted by Gasteiger charge is -2.26. The molecule has 1 N–H and O–H groups in total. The minimum absolute atomic E-state index is 0.113. The summed E-state index contributed by atoms with van der Waals surface area (Å²) in [6, 6.07) is 10.5. The van der Waals surface area contributed by atoms with Crippen molar-refractivity contribution in [3.05, 3.63) is 64.2 Å². The lowest BCUT2D eigenvalue weighted by Crippen LogP contribution is -2.30. The number of carbonyl (C=O) groups is 2. The summed E-state index contributed by atoms with van der Waals surface area (Å²) in [6.45, 7) is 11.0. The maximum absolute atomic E-state index is 13.3. The number of hydrogen-bond donors (Lipinski definition) is 1. The van der Waals surface area contributed by atoms with E-state index >= 15 is 0 Å². The number of aliphatic hydroxyl groups is 1. The Morgan fingerprint density at radius 3 is 2.49 bits per heavy atom. The van der Waals surface area contributed by atoms with E-state index < -0.39 is 17.7 Å². The topological polar surface area (TPSA) is 76.1 Å². The summed E-state index contributed by atoms with van der Waals surface area (Å²) in [5.41, 5.74) is 3.08. The summed E-state index contributed by atoms with van der Waals surface area (Å²) in [4.78, 5) is 28.0. The number of nitrogens with zero attached hydrogens (tertiary/aromatic N) is 1. The van der Waals surface area contributed by atoms with Crippen molar-refractivity contribution in [3.8, 4) is 11.5 Å². The fourth-order valence-electron chi connectivity index (χ4n) is 4.51. The van der Waals surface area contributed by atoms with Crippen molar-refractivity contribution in [1.82, 2.24) is 4.90 Å². The lowest BCUT2D eigenvalue weighted by molar-refractivity contribution is -0.139. The summed E-state index contributed by atoms with van der Waals surface area (Å²) in [6.07, 6.45) is 2.51. The molecule has 1 fully saturated rings. The van der Waals surface area contributed by atoms with Crippen LogP contribution in [0, 0.1) is 6.92 Å². The first-order valence-electron chi connectivity index (χ1n) is 12.4. The van der Waals surface area contributed by atoms with Crippen LogP contribution in [-0.4, -0.2) is 42.0 Å². The van der Waals surface area contributed by atoms with E-state index in [0.29, 0.717) is 24.5 Å². The standard InChI is InChI=1S/C29H37NO5/c1-7-9-13-30-26(20-11-10-12-21(16-20)35-14-8-2)25(28(32)29(30)33)27(31)23-17-22(18(3)4)24(34-6)15-19(23)5/h10-12,15-18,26,31H,7-9,13-14H2,1-6H3/b27-25+. The normalized spacial score (nSPS) is 17.3. The van der Waals surface area contributed by atoms with Crippen LogP contribution < -0.4 is 9.47 Å². The van der Waals surface area contributed by atoms with Gasteiger partial charge in [0.05, 0.1) is 25.3 Å². The monoisotopic (exact) mass is 479 g/mol. The van der Waals surface area contributed by atoms with Crippen LogP contribution >= 0.6 is 0 Å². The van der Waals surface area contributed by atoms with Crippen LogP contribution in [0.25, 0.3) is 5.76 Å². The Morgan fingerprint density at radius 1 is 1.11 bits per heavy atom. The van der Waals surface area contributed by atoms with E-state index in [1.807, 2.05) is 71.0 Å². The highest BCUT2D eigenvalue weighted by Crippen LogP contribution is 2.42. The molecule has 2 aromatic rings. The predicted molar refractivity (Wildman–Crippen MR) is 138 cm³/mol. The van der Waals surface area contributed by atoms with Crippen LogP contribution in [0.1, 0.15) is 81.2 Å². The van der Waals surface area contributed by atoms with Crippen LogP contribution in [0.5, 0.6) is 11.5 Å². The lowest BCUT2D eigenvalue weighted by atomic mass is 9.91. The molecule has 0 radical (unpaired) electrons. The Kier molecular flexibility index (Phi) is 8.60. The van der Waals surface area contributed by atoms with Gasteiger partial charge in [0.2, 0.25) is 0 Å². The zero-order valence-corrected chi connectivity index (χ0v) is 21.7. The van der Waals surface area contributed by atoms with Gasteiger partial charge in [0, 0.05) is 12.1 Å². The quantitative estimate of drug-likeness (QED) is 0.252. The molecule has 1 aliphatic heterocycles. The second-order valence-electron chi connectivity index (χ2n) is 9.33. The van der Waals surface area contributed by atoms with Gasteiger partial charge in [-0.25, -0.2) is 0 Å². The fourth-order valence-corrected chi connectivity index (χ4v) is 4.51. The molecule has 0 saturated carbocycles. The second-order valence-corrected chi connectivity index (χ2v) is 9.33. The zero-order valence-electron chi connectivity index (χ0n) is 21.7. The third kappa shape index (κ3) is 5.37. The highest BCUT2D eigenvalue weighted by atomic mass is 16.5. The van der Waals surface area contributed by atoms with Crippen LogP contribution in [0.3, 0.4) is 0 Å². The van der Waals surface area contributed by atoms with Gasteiger partial charge in [-0.05, 0) is 66.6 Å². The molecule has 0 spiro atoms. The van der Waals surface area contributed by atoms with Gasteiger partial charge in [0.25, 0.3) is 11.7 Å². The van der Waals surface area contributed by atoms with Gasteiger partial charge in [-0.1, -0.05) is 46.2 Å². The molecular formula is C29H37NO5. The fraction of sp³-hybridized carbons (Fsp3) is 0.448. The molecule has 188 valence electrons. The largest absolute Gasteiger partial charge is 0.507 e. The second kappa shape index (κ2) is 11.4. The zero-order chi connectivity index (χ0) is 25.7. The van der Waals surface area contributed by atoms with E-state index in [1.54, 1.807) is 12.0 Å². The Bertz CT molecular complexity index is 1120. The Labute approximate surface area is 208 Å². The molecule has 1 heterocycles. The molecule has 6 nitrogen and oxygen atoms in total. The number of aryl methyl sites for hydroxylation is 1. The number of hydrogen-bond acceptors (Lipinski definition) is 5. The Morgan fingerprint density at radius 2 is 1.86 bits per heavy atom. The summed E-state index contributed by atoms with van der Waals surface area (Å²) in [5.74, 6) is 0.148. The van der Waals surface area contributed by atoms with Crippen LogP contribution in [0.4, 0.5) is 0 Å². The van der Waals surface area contributed by atoms with Gasteiger partial charge >= 0.3 is 0 Å². The van der Waals surface area contributed by atoms with E-state index in [4.69, 9.17) is 9.47 Å². The number of methoxy groups -OCH3 is 1. The van der Waals surface area contributed by atoms with Gasteiger partial charge in [-0.3, -0.25) is 9.59 Å². The van der Waals surface area contributed by atoms with E-state index in [-0.39, 0.29) is 17.3 Å². The number of ketones is 1.